The van der Waals surface area contributed by atoms with Gasteiger partial charge in [-0.05, 0) is 42.0 Å². The summed E-state index contributed by atoms with van der Waals surface area (Å²) in [6, 6.07) is 6.22. The third-order valence-corrected chi connectivity index (χ3v) is 4.53. The number of piperidine rings is 1. The van der Waals surface area contributed by atoms with E-state index in [0.29, 0.717) is 5.92 Å². The molecule has 1 saturated heterocycles. The van der Waals surface area contributed by atoms with E-state index in [9.17, 15) is 5.11 Å². The number of nitrogens with zero attached hydrogens (tertiary/aromatic N) is 1. The van der Waals surface area contributed by atoms with Crippen LogP contribution in [-0.2, 0) is 12.0 Å². The molecule has 0 atom stereocenters. The number of hydrogen-bond acceptors (Lipinski definition) is 3. The van der Waals surface area contributed by atoms with Crippen molar-refractivity contribution in [2.45, 2.75) is 38.7 Å². The minimum atomic E-state index is -0.648. The molecule has 20 heavy (non-hydrogen) atoms. The fraction of sp³-hybridized carbons (Fsp3) is 0.647. The van der Waals surface area contributed by atoms with Crippen molar-refractivity contribution in [3.63, 3.8) is 0 Å². The van der Waals surface area contributed by atoms with Crippen molar-refractivity contribution in [1.82, 2.24) is 4.90 Å². The third kappa shape index (κ3) is 2.70. The van der Waals surface area contributed by atoms with Gasteiger partial charge in [0.2, 0.25) is 0 Å². The Morgan fingerprint density at radius 1 is 1.30 bits per heavy atom. The van der Waals surface area contributed by atoms with Gasteiger partial charge in [0.25, 0.3) is 0 Å². The average molecular weight is 275 g/mol. The van der Waals surface area contributed by atoms with E-state index in [1.807, 2.05) is 12.1 Å². The Bertz CT molecular complexity index is 476. The molecule has 2 aliphatic rings. The Hall–Kier alpha value is -1.06. The van der Waals surface area contributed by atoms with E-state index in [4.69, 9.17) is 4.74 Å². The molecule has 1 aromatic rings. The molecule has 0 saturated carbocycles. The SMILES string of the molecule is CC(C)CN1CCC(O)(c2ccc3c(c2)CCO3)CC1. The zero-order chi connectivity index (χ0) is 14.2. The molecular weight excluding hydrogens is 250 g/mol. The van der Waals surface area contributed by atoms with Gasteiger partial charge in [-0.15, -0.1) is 0 Å². The Morgan fingerprint density at radius 2 is 2.05 bits per heavy atom. The topological polar surface area (TPSA) is 32.7 Å². The van der Waals surface area contributed by atoms with E-state index in [-0.39, 0.29) is 0 Å². The van der Waals surface area contributed by atoms with Crippen molar-refractivity contribution >= 4 is 0 Å². The molecule has 1 aromatic carbocycles. The summed E-state index contributed by atoms with van der Waals surface area (Å²) < 4.78 is 5.54. The zero-order valence-electron chi connectivity index (χ0n) is 12.6. The number of likely N-dealkylation sites (tertiary alicyclic amines) is 1. The average Bonchev–Trinajstić information content (AvgIpc) is 2.88. The lowest BCUT2D eigenvalue weighted by molar-refractivity contribution is -0.0280. The van der Waals surface area contributed by atoms with Gasteiger partial charge < -0.3 is 14.7 Å². The van der Waals surface area contributed by atoms with Gasteiger partial charge in [-0.25, -0.2) is 0 Å². The van der Waals surface area contributed by atoms with Crippen LogP contribution in [0, 0.1) is 5.92 Å². The highest BCUT2D eigenvalue weighted by Gasteiger charge is 2.34. The molecule has 0 spiro atoms. The first-order chi connectivity index (χ1) is 9.57. The molecule has 2 heterocycles. The molecule has 110 valence electrons. The summed E-state index contributed by atoms with van der Waals surface area (Å²) in [4.78, 5) is 2.47. The lowest BCUT2D eigenvalue weighted by Crippen LogP contribution is -2.43. The van der Waals surface area contributed by atoms with Gasteiger partial charge in [-0.3, -0.25) is 0 Å². The smallest absolute Gasteiger partial charge is 0.122 e. The van der Waals surface area contributed by atoms with Crippen LogP contribution in [0.1, 0.15) is 37.8 Å². The molecule has 3 heteroatoms. The molecule has 1 N–H and O–H groups in total. The van der Waals surface area contributed by atoms with Gasteiger partial charge >= 0.3 is 0 Å². The lowest BCUT2D eigenvalue weighted by Gasteiger charge is -2.39. The van der Waals surface area contributed by atoms with E-state index < -0.39 is 5.60 Å². The summed E-state index contributed by atoms with van der Waals surface area (Å²) in [5.41, 5.74) is 1.68. The number of aliphatic hydroxyl groups is 1. The van der Waals surface area contributed by atoms with Crippen LogP contribution in [0.4, 0.5) is 0 Å². The molecular formula is C17H25NO2. The predicted molar refractivity (Wildman–Crippen MR) is 80.0 cm³/mol. The van der Waals surface area contributed by atoms with Crippen LogP contribution in [0.15, 0.2) is 18.2 Å². The van der Waals surface area contributed by atoms with Crippen molar-refractivity contribution in [3.05, 3.63) is 29.3 Å². The van der Waals surface area contributed by atoms with Crippen molar-refractivity contribution < 1.29 is 9.84 Å². The van der Waals surface area contributed by atoms with Crippen LogP contribution in [-0.4, -0.2) is 36.2 Å². The molecule has 2 aliphatic heterocycles. The van der Waals surface area contributed by atoms with Crippen molar-refractivity contribution in [3.8, 4) is 5.75 Å². The second-order valence-corrected chi connectivity index (χ2v) is 6.65. The Labute approximate surface area is 121 Å². The Balaban J connectivity index is 1.71. The Morgan fingerprint density at radius 3 is 2.75 bits per heavy atom. The fourth-order valence-corrected chi connectivity index (χ4v) is 3.39. The van der Waals surface area contributed by atoms with E-state index >= 15 is 0 Å². The number of hydrogen-bond donors (Lipinski definition) is 1. The van der Waals surface area contributed by atoms with Crippen LogP contribution >= 0.6 is 0 Å². The molecule has 0 amide bonds. The largest absolute Gasteiger partial charge is 0.493 e. The van der Waals surface area contributed by atoms with Crippen LogP contribution in [0.25, 0.3) is 0 Å². The van der Waals surface area contributed by atoms with Crippen LogP contribution in [0.5, 0.6) is 5.75 Å². The lowest BCUT2D eigenvalue weighted by atomic mass is 9.83. The summed E-state index contributed by atoms with van der Waals surface area (Å²) >= 11 is 0. The quantitative estimate of drug-likeness (QED) is 0.920. The molecule has 0 aromatic heterocycles. The first-order valence-corrected chi connectivity index (χ1v) is 7.78. The maximum Gasteiger partial charge on any atom is 0.122 e. The summed E-state index contributed by atoms with van der Waals surface area (Å²) in [6.07, 6.45) is 2.64. The van der Waals surface area contributed by atoms with E-state index in [1.54, 1.807) is 0 Å². The van der Waals surface area contributed by atoms with Gasteiger partial charge in [0.15, 0.2) is 0 Å². The van der Waals surface area contributed by atoms with Gasteiger partial charge in [-0.2, -0.15) is 0 Å². The predicted octanol–water partition coefficient (Wildman–Crippen LogP) is 2.56. The van der Waals surface area contributed by atoms with Crippen LogP contribution in [0.3, 0.4) is 0 Å². The first kappa shape index (κ1) is 13.9. The first-order valence-electron chi connectivity index (χ1n) is 7.78. The highest BCUT2D eigenvalue weighted by atomic mass is 16.5. The minimum Gasteiger partial charge on any atom is -0.493 e. The molecule has 0 radical (unpaired) electrons. The fourth-order valence-electron chi connectivity index (χ4n) is 3.39. The normalized spacial score (nSPS) is 21.8. The monoisotopic (exact) mass is 275 g/mol. The van der Waals surface area contributed by atoms with Gasteiger partial charge in [0.05, 0.1) is 12.2 Å². The zero-order valence-corrected chi connectivity index (χ0v) is 12.6. The number of benzene rings is 1. The molecule has 0 aliphatic carbocycles. The molecule has 1 fully saturated rings. The maximum absolute atomic E-state index is 11.0. The molecule has 3 nitrogen and oxygen atoms in total. The molecule has 3 rings (SSSR count). The summed E-state index contributed by atoms with van der Waals surface area (Å²) in [6.45, 7) is 8.39. The van der Waals surface area contributed by atoms with Gasteiger partial charge in [-0.1, -0.05) is 19.9 Å². The van der Waals surface area contributed by atoms with Gasteiger partial charge in [0.1, 0.15) is 5.75 Å². The number of fused-ring (bicyclic) bond motifs is 1. The van der Waals surface area contributed by atoms with E-state index in [0.717, 1.165) is 56.8 Å². The van der Waals surface area contributed by atoms with Crippen molar-refractivity contribution in [1.29, 1.82) is 0 Å². The van der Waals surface area contributed by atoms with Gasteiger partial charge in [0, 0.05) is 26.1 Å². The number of rotatable bonds is 3. The summed E-state index contributed by atoms with van der Waals surface area (Å²) in [5, 5.41) is 11.0. The molecule has 0 bridgehead atoms. The highest BCUT2D eigenvalue weighted by Crippen LogP contribution is 2.36. The van der Waals surface area contributed by atoms with Crippen LogP contribution in [0.2, 0.25) is 0 Å². The third-order valence-electron chi connectivity index (χ3n) is 4.53. The summed E-state index contributed by atoms with van der Waals surface area (Å²) in [5.74, 6) is 1.69. The van der Waals surface area contributed by atoms with E-state index in [1.165, 1.54) is 5.56 Å². The van der Waals surface area contributed by atoms with Crippen molar-refractivity contribution in [2.75, 3.05) is 26.2 Å². The maximum atomic E-state index is 11.0. The van der Waals surface area contributed by atoms with E-state index in [2.05, 4.69) is 24.8 Å². The molecule has 0 unspecified atom stereocenters. The van der Waals surface area contributed by atoms with Crippen LogP contribution < -0.4 is 4.74 Å². The minimum absolute atomic E-state index is 0.648. The Kier molecular flexibility index (Phi) is 3.74. The standard InChI is InChI=1S/C17H25NO2/c1-13(2)12-18-8-6-17(19,7-9-18)15-3-4-16-14(11-15)5-10-20-16/h3-4,11,13,19H,5-10,12H2,1-2H3. The second-order valence-electron chi connectivity index (χ2n) is 6.65. The van der Waals surface area contributed by atoms with Crippen molar-refractivity contribution in [2.24, 2.45) is 5.92 Å². The highest BCUT2D eigenvalue weighted by molar-refractivity contribution is 5.41. The summed E-state index contributed by atoms with van der Waals surface area (Å²) in [7, 11) is 0. The second kappa shape index (κ2) is 5.38. The number of ether oxygens (including phenoxy) is 1.